The fourth-order valence-corrected chi connectivity index (χ4v) is 4.63. The van der Waals surface area contributed by atoms with E-state index in [0.717, 1.165) is 54.2 Å². The van der Waals surface area contributed by atoms with E-state index in [4.69, 9.17) is 4.98 Å². The number of piperidine rings is 1. The number of hydrogen-bond acceptors (Lipinski definition) is 6. The molecule has 1 aliphatic rings. The van der Waals surface area contributed by atoms with Crippen molar-refractivity contribution in [3.05, 3.63) is 43.2 Å². The SMILES string of the molecule is CC(=O)N1CCC(C(CC#N)n2cc(-c3nc(-c4cnn(C)c4)cc4nccn34)cn2)CC1. The van der Waals surface area contributed by atoms with Gasteiger partial charge in [-0.1, -0.05) is 0 Å². The first-order valence-electron chi connectivity index (χ1n) is 11.0. The highest BCUT2D eigenvalue weighted by Crippen LogP contribution is 2.32. The molecule has 10 heteroatoms. The molecular weight excluding hydrogens is 418 g/mol. The molecule has 0 aromatic carbocycles. The highest BCUT2D eigenvalue weighted by molar-refractivity contribution is 5.73. The second kappa shape index (κ2) is 8.50. The molecule has 5 heterocycles. The van der Waals surface area contributed by atoms with Crippen molar-refractivity contribution in [2.45, 2.75) is 32.2 Å². The average molecular weight is 444 g/mol. The van der Waals surface area contributed by atoms with Gasteiger partial charge in [0.15, 0.2) is 0 Å². The van der Waals surface area contributed by atoms with Crippen LogP contribution in [0.5, 0.6) is 0 Å². The minimum atomic E-state index is -0.0438. The molecule has 1 aliphatic heterocycles. The normalized spacial score (nSPS) is 15.6. The van der Waals surface area contributed by atoms with Gasteiger partial charge >= 0.3 is 0 Å². The van der Waals surface area contributed by atoms with Crippen LogP contribution in [0, 0.1) is 17.2 Å². The molecule has 33 heavy (non-hydrogen) atoms. The van der Waals surface area contributed by atoms with Gasteiger partial charge in [-0.05, 0) is 18.8 Å². The van der Waals surface area contributed by atoms with E-state index in [1.165, 1.54) is 0 Å². The van der Waals surface area contributed by atoms with Crippen LogP contribution in [0.1, 0.15) is 32.2 Å². The molecule has 0 spiro atoms. The zero-order chi connectivity index (χ0) is 22.9. The number of imidazole rings is 1. The van der Waals surface area contributed by atoms with E-state index in [9.17, 15) is 10.1 Å². The third-order valence-corrected chi connectivity index (χ3v) is 6.42. The van der Waals surface area contributed by atoms with Gasteiger partial charge in [-0.15, -0.1) is 0 Å². The molecule has 1 amide bonds. The molecule has 168 valence electrons. The smallest absolute Gasteiger partial charge is 0.219 e. The number of likely N-dealkylation sites (tertiary alicyclic amines) is 1. The summed E-state index contributed by atoms with van der Waals surface area (Å²) < 4.78 is 5.58. The van der Waals surface area contributed by atoms with E-state index in [1.807, 2.05) is 45.7 Å². The number of rotatable bonds is 5. The molecule has 4 aromatic rings. The number of amides is 1. The zero-order valence-electron chi connectivity index (χ0n) is 18.7. The quantitative estimate of drug-likeness (QED) is 0.469. The molecule has 0 bridgehead atoms. The highest BCUT2D eigenvalue weighted by atomic mass is 16.2. The molecular formula is C23H25N9O. The van der Waals surface area contributed by atoms with E-state index in [1.54, 1.807) is 30.2 Å². The van der Waals surface area contributed by atoms with Crippen LogP contribution in [0.2, 0.25) is 0 Å². The Hall–Kier alpha value is -4.00. The molecule has 4 aromatic heterocycles. The summed E-state index contributed by atoms with van der Waals surface area (Å²) in [7, 11) is 1.87. The number of aryl methyl sites for hydroxylation is 1. The van der Waals surface area contributed by atoms with E-state index in [0.29, 0.717) is 6.42 Å². The van der Waals surface area contributed by atoms with E-state index in [2.05, 4.69) is 21.3 Å². The first kappa shape index (κ1) is 20.9. The van der Waals surface area contributed by atoms with Crippen molar-refractivity contribution in [3.63, 3.8) is 0 Å². The van der Waals surface area contributed by atoms with E-state index >= 15 is 0 Å². The van der Waals surface area contributed by atoms with Gasteiger partial charge < -0.3 is 4.90 Å². The van der Waals surface area contributed by atoms with Crippen molar-refractivity contribution in [2.75, 3.05) is 13.1 Å². The molecule has 1 saturated heterocycles. The Labute approximate surface area is 191 Å². The minimum absolute atomic E-state index is 0.0438. The van der Waals surface area contributed by atoms with Gasteiger partial charge in [0.25, 0.3) is 0 Å². The summed E-state index contributed by atoms with van der Waals surface area (Å²) in [5, 5.41) is 18.4. The number of aromatic nitrogens is 7. The van der Waals surface area contributed by atoms with Crippen molar-refractivity contribution in [3.8, 4) is 28.7 Å². The monoisotopic (exact) mass is 443 g/mol. The number of carbonyl (C=O) groups excluding carboxylic acids is 1. The molecule has 1 fully saturated rings. The van der Waals surface area contributed by atoms with Gasteiger partial charge in [0, 0.05) is 63.5 Å². The van der Waals surface area contributed by atoms with Crippen LogP contribution in [-0.4, -0.2) is 57.8 Å². The lowest BCUT2D eigenvalue weighted by molar-refractivity contribution is -0.130. The molecule has 0 saturated carbocycles. The summed E-state index contributed by atoms with van der Waals surface area (Å²) >= 11 is 0. The lowest BCUT2D eigenvalue weighted by atomic mass is 9.88. The fraction of sp³-hybridized carbons (Fsp3) is 0.391. The Morgan fingerprint density at radius 3 is 2.70 bits per heavy atom. The van der Waals surface area contributed by atoms with Crippen molar-refractivity contribution in [1.29, 1.82) is 5.26 Å². The Kier molecular flexibility index (Phi) is 5.38. The molecule has 0 N–H and O–H groups in total. The van der Waals surface area contributed by atoms with Gasteiger partial charge in [0.2, 0.25) is 5.91 Å². The molecule has 1 unspecified atom stereocenters. The maximum absolute atomic E-state index is 11.7. The number of hydrogen-bond donors (Lipinski definition) is 0. The van der Waals surface area contributed by atoms with E-state index in [-0.39, 0.29) is 17.9 Å². The predicted molar refractivity (Wildman–Crippen MR) is 121 cm³/mol. The van der Waals surface area contributed by atoms with Gasteiger partial charge in [-0.3, -0.25) is 18.6 Å². The van der Waals surface area contributed by atoms with Crippen LogP contribution in [0.25, 0.3) is 28.3 Å². The number of carbonyl (C=O) groups is 1. The Balaban J connectivity index is 1.48. The van der Waals surface area contributed by atoms with Crippen LogP contribution < -0.4 is 0 Å². The van der Waals surface area contributed by atoms with Crippen LogP contribution in [0.3, 0.4) is 0 Å². The third-order valence-electron chi connectivity index (χ3n) is 6.42. The van der Waals surface area contributed by atoms with Crippen LogP contribution in [0.4, 0.5) is 0 Å². The molecule has 0 radical (unpaired) electrons. The standard InChI is InChI=1S/C23H25N9O/c1-16(33)30-8-4-17(5-9-30)21(3-6-24)32-15-19(13-27-32)23-28-20(18-12-26-29(2)14-18)11-22-25-7-10-31(22)23/h7,10-15,17,21H,3-5,8-9H2,1-2H3. The number of nitriles is 1. The molecule has 0 aliphatic carbocycles. The predicted octanol–water partition coefficient (Wildman–Crippen LogP) is 2.71. The maximum Gasteiger partial charge on any atom is 0.219 e. The summed E-state index contributed by atoms with van der Waals surface area (Å²) in [6.07, 6.45) is 13.2. The van der Waals surface area contributed by atoms with Crippen molar-refractivity contribution in [2.24, 2.45) is 13.0 Å². The minimum Gasteiger partial charge on any atom is -0.343 e. The van der Waals surface area contributed by atoms with Crippen molar-refractivity contribution >= 4 is 11.6 Å². The fourth-order valence-electron chi connectivity index (χ4n) is 4.63. The van der Waals surface area contributed by atoms with Crippen LogP contribution in [-0.2, 0) is 11.8 Å². The first-order chi connectivity index (χ1) is 16.0. The van der Waals surface area contributed by atoms with Crippen molar-refractivity contribution < 1.29 is 4.79 Å². The maximum atomic E-state index is 11.7. The third kappa shape index (κ3) is 3.98. The number of nitrogens with zero attached hydrogens (tertiary/aromatic N) is 9. The summed E-state index contributed by atoms with van der Waals surface area (Å²) in [6, 6.07) is 4.22. The van der Waals surface area contributed by atoms with E-state index < -0.39 is 0 Å². The zero-order valence-corrected chi connectivity index (χ0v) is 18.7. The highest BCUT2D eigenvalue weighted by Gasteiger charge is 2.29. The molecule has 10 nitrogen and oxygen atoms in total. The second-order valence-electron chi connectivity index (χ2n) is 8.51. The Morgan fingerprint density at radius 2 is 2.00 bits per heavy atom. The van der Waals surface area contributed by atoms with Gasteiger partial charge in [0.1, 0.15) is 11.5 Å². The number of fused-ring (bicyclic) bond motifs is 1. The Morgan fingerprint density at radius 1 is 1.21 bits per heavy atom. The summed E-state index contributed by atoms with van der Waals surface area (Å²) in [5.41, 5.74) is 3.34. The lowest BCUT2D eigenvalue weighted by Crippen LogP contribution is -2.39. The summed E-state index contributed by atoms with van der Waals surface area (Å²) in [6.45, 7) is 3.05. The van der Waals surface area contributed by atoms with Gasteiger partial charge in [0.05, 0.1) is 42.2 Å². The summed E-state index contributed by atoms with van der Waals surface area (Å²) in [4.78, 5) is 22.9. The molecule has 5 rings (SSSR count). The summed E-state index contributed by atoms with van der Waals surface area (Å²) in [5.74, 6) is 1.13. The van der Waals surface area contributed by atoms with Crippen LogP contribution >= 0.6 is 0 Å². The average Bonchev–Trinajstić information content (AvgIpc) is 3.57. The Bertz CT molecular complexity index is 1330. The van der Waals surface area contributed by atoms with Crippen LogP contribution in [0.15, 0.2) is 43.2 Å². The molecule has 1 atom stereocenters. The lowest BCUT2D eigenvalue weighted by Gasteiger charge is -2.35. The largest absolute Gasteiger partial charge is 0.343 e. The topological polar surface area (TPSA) is 110 Å². The van der Waals surface area contributed by atoms with Gasteiger partial charge in [-0.25, -0.2) is 9.97 Å². The first-order valence-corrected chi connectivity index (χ1v) is 11.0. The van der Waals surface area contributed by atoms with Crippen molar-refractivity contribution in [1.82, 2.24) is 38.8 Å². The van der Waals surface area contributed by atoms with Gasteiger partial charge in [-0.2, -0.15) is 15.5 Å². The second-order valence-corrected chi connectivity index (χ2v) is 8.51.